The third-order valence-corrected chi connectivity index (χ3v) is 3.28. The van der Waals surface area contributed by atoms with Crippen molar-refractivity contribution in [3.63, 3.8) is 0 Å². The van der Waals surface area contributed by atoms with Crippen molar-refractivity contribution in [2.24, 2.45) is 0 Å². The summed E-state index contributed by atoms with van der Waals surface area (Å²) >= 11 is 0. The van der Waals surface area contributed by atoms with Crippen molar-refractivity contribution < 1.29 is 9.18 Å². The number of anilines is 1. The van der Waals surface area contributed by atoms with E-state index < -0.39 is 11.9 Å². The van der Waals surface area contributed by atoms with Gasteiger partial charge in [-0.1, -0.05) is 0 Å². The summed E-state index contributed by atoms with van der Waals surface area (Å²) in [5.41, 5.74) is 0.632. The van der Waals surface area contributed by atoms with Crippen LogP contribution in [-0.2, 0) is 4.79 Å². The number of aromatic nitrogens is 5. The van der Waals surface area contributed by atoms with E-state index in [-0.39, 0.29) is 11.6 Å². The minimum Gasteiger partial charge on any atom is -0.342 e. The van der Waals surface area contributed by atoms with Crippen LogP contribution in [0.5, 0.6) is 0 Å². The van der Waals surface area contributed by atoms with Crippen molar-refractivity contribution >= 4 is 11.6 Å². The number of amides is 1. The van der Waals surface area contributed by atoms with Gasteiger partial charge in [0.15, 0.2) is 0 Å². The Kier molecular flexibility index (Phi) is 3.65. The summed E-state index contributed by atoms with van der Waals surface area (Å²) < 4.78 is 17.0. The number of rotatable bonds is 4. The van der Waals surface area contributed by atoms with E-state index in [1.807, 2.05) is 12.1 Å². The lowest BCUT2D eigenvalue weighted by molar-refractivity contribution is -0.118. The highest BCUT2D eigenvalue weighted by atomic mass is 19.1. The van der Waals surface area contributed by atoms with Crippen molar-refractivity contribution in [2.45, 2.75) is 13.0 Å². The van der Waals surface area contributed by atoms with E-state index in [9.17, 15) is 9.18 Å². The topological polar surface area (TPSA) is 77.6 Å². The molecule has 0 saturated heterocycles. The molecule has 1 atom stereocenters. The summed E-state index contributed by atoms with van der Waals surface area (Å²) in [5.74, 6) is -0.839. The molecule has 0 saturated carbocycles. The molecule has 1 amide bonds. The number of carbonyl (C=O) groups excluding carboxylic acids is 1. The number of carbonyl (C=O) groups is 1. The zero-order valence-electron chi connectivity index (χ0n) is 11.7. The number of hydrogen-bond donors (Lipinski definition) is 1. The Morgan fingerprint density at radius 3 is 2.77 bits per heavy atom. The van der Waals surface area contributed by atoms with E-state index in [1.54, 1.807) is 23.9 Å². The lowest BCUT2D eigenvalue weighted by atomic mass is 10.2. The standard InChI is InChI=1S/C14H13FN6O/c1-10(20-6-2-3-7-20)14(22)17-13-8-11(4-5-12(13)15)21-9-16-18-19-21/h2-10H,1H3,(H,17,22). The van der Waals surface area contributed by atoms with Crippen molar-refractivity contribution in [3.05, 3.63) is 54.9 Å². The maximum absolute atomic E-state index is 13.9. The molecule has 0 fully saturated rings. The molecule has 8 heteroatoms. The third-order valence-electron chi connectivity index (χ3n) is 3.28. The maximum atomic E-state index is 13.9. The number of hydrogen-bond acceptors (Lipinski definition) is 4. The molecule has 0 bridgehead atoms. The highest BCUT2D eigenvalue weighted by molar-refractivity contribution is 5.93. The van der Waals surface area contributed by atoms with Crippen LogP contribution >= 0.6 is 0 Å². The normalized spacial score (nSPS) is 12.1. The van der Waals surface area contributed by atoms with Gasteiger partial charge in [-0.25, -0.2) is 9.07 Å². The summed E-state index contributed by atoms with van der Waals surface area (Å²) in [6.45, 7) is 1.73. The molecule has 7 nitrogen and oxygen atoms in total. The van der Waals surface area contributed by atoms with E-state index >= 15 is 0 Å². The van der Waals surface area contributed by atoms with Crippen molar-refractivity contribution in [1.29, 1.82) is 0 Å². The van der Waals surface area contributed by atoms with Crippen molar-refractivity contribution in [3.8, 4) is 5.69 Å². The second-order valence-corrected chi connectivity index (χ2v) is 4.71. The number of nitrogens with one attached hydrogen (secondary N) is 1. The zero-order valence-corrected chi connectivity index (χ0v) is 11.7. The highest BCUT2D eigenvalue weighted by Gasteiger charge is 2.16. The fourth-order valence-corrected chi connectivity index (χ4v) is 2.01. The largest absolute Gasteiger partial charge is 0.342 e. The molecule has 1 N–H and O–H groups in total. The molecular formula is C14H13FN6O. The van der Waals surface area contributed by atoms with Crippen LogP contribution in [-0.4, -0.2) is 30.7 Å². The number of nitrogens with zero attached hydrogens (tertiary/aromatic N) is 5. The monoisotopic (exact) mass is 300 g/mol. The van der Waals surface area contributed by atoms with Crippen LogP contribution in [0.1, 0.15) is 13.0 Å². The first-order chi connectivity index (χ1) is 10.6. The van der Waals surface area contributed by atoms with Crippen LogP contribution in [0.15, 0.2) is 49.1 Å². The van der Waals surface area contributed by atoms with E-state index in [1.165, 1.54) is 29.2 Å². The van der Waals surface area contributed by atoms with Gasteiger partial charge in [0.05, 0.1) is 11.4 Å². The van der Waals surface area contributed by atoms with Crippen LogP contribution in [0.2, 0.25) is 0 Å². The molecule has 112 valence electrons. The minimum absolute atomic E-state index is 0.0806. The molecule has 3 rings (SSSR count). The molecule has 1 aromatic carbocycles. The molecule has 1 unspecified atom stereocenters. The van der Waals surface area contributed by atoms with E-state index in [0.29, 0.717) is 5.69 Å². The number of halogens is 1. The van der Waals surface area contributed by atoms with E-state index in [0.717, 1.165) is 0 Å². The average molecular weight is 300 g/mol. The van der Waals surface area contributed by atoms with Gasteiger partial charge in [-0.2, -0.15) is 0 Å². The fourth-order valence-electron chi connectivity index (χ4n) is 2.01. The Labute approximate surface area is 125 Å². The Hall–Kier alpha value is -3.03. The SMILES string of the molecule is CC(C(=O)Nc1cc(-n2cnnn2)ccc1F)n1cccc1. The predicted octanol–water partition coefficient (Wildman–Crippen LogP) is 1.80. The highest BCUT2D eigenvalue weighted by Crippen LogP contribution is 2.20. The summed E-state index contributed by atoms with van der Waals surface area (Å²) in [5, 5.41) is 13.4. The summed E-state index contributed by atoms with van der Waals surface area (Å²) in [6, 6.07) is 7.45. The lowest BCUT2D eigenvalue weighted by Crippen LogP contribution is -2.23. The summed E-state index contributed by atoms with van der Waals surface area (Å²) in [4.78, 5) is 12.2. The van der Waals surface area contributed by atoms with E-state index in [4.69, 9.17) is 0 Å². The van der Waals surface area contributed by atoms with Crippen LogP contribution in [0, 0.1) is 5.82 Å². The van der Waals surface area contributed by atoms with Gasteiger partial charge in [0.1, 0.15) is 18.2 Å². The van der Waals surface area contributed by atoms with Crippen molar-refractivity contribution in [2.75, 3.05) is 5.32 Å². The van der Waals surface area contributed by atoms with Gasteiger partial charge in [-0.3, -0.25) is 4.79 Å². The number of benzene rings is 1. The van der Waals surface area contributed by atoms with Gasteiger partial charge in [0.2, 0.25) is 5.91 Å². The minimum atomic E-state index is -0.523. The molecule has 2 heterocycles. The van der Waals surface area contributed by atoms with Crippen LogP contribution in [0.3, 0.4) is 0 Å². The number of tetrazole rings is 1. The average Bonchev–Trinajstić information content (AvgIpc) is 3.22. The van der Waals surface area contributed by atoms with Gasteiger partial charge >= 0.3 is 0 Å². The fraction of sp³-hybridized carbons (Fsp3) is 0.143. The van der Waals surface area contributed by atoms with Gasteiger partial charge in [0.25, 0.3) is 0 Å². The van der Waals surface area contributed by atoms with Gasteiger partial charge < -0.3 is 9.88 Å². The van der Waals surface area contributed by atoms with Gasteiger partial charge in [-0.05, 0) is 47.7 Å². The summed E-state index contributed by atoms with van der Waals surface area (Å²) in [6.07, 6.45) is 4.94. The Bertz CT molecular complexity index is 769. The summed E-state index contributed by atoms with van der Waals surface area (Å²) in [7, 11) is 0. The van der Waals surface area contributed by atoms with Gasteiger partial charge in [-0.15, -0.1) is 5.10 Å². The first kappa shape index (κ1) is 13.9. The smallest absolute Gasteiger partial charge is 0.247 e. The quantitative estimate of drug-likeness (QED) is 0.797. The van der Waals surface area contributed by atoms with Crippen LogP contribution in [0.4, 0.5) is 10.1 Å². The first-order valence-electron chi connectivity index (χ1n) is 6.61. The lowest BCUT2D eigenvalue weighted by Gasteiger charge is -2.14. The third kappa shape index (κ3) is 2.71. The molecule has 0 aliphatic carbocycles. The molecule has 22 heavy (non-hydrogen) atoms. The molecule has 0 spiro atoms. The molecule has 0 aliphatic heterocycles. The molecular weight excluding hydrogens is 287 g/mol. The first-order valence-corrected chi connectivity index (χ1v) is 6.61. The van der Waals surface area contributed by atoms with E-state index in [2.05, 4.69) is 20.8 Å². The van der Waals surface area contributed by atoms with Gasteiger partial charge in [0, 0.05) is 12.4 Å². The van der Waals surface area contributed by atoms with Crippen LogP contribution in [0.25, 0.3) is 5.69 Å². The predicted molar refractivity (Wildman–Crippen MR) is 76.9 cm³/mol. The Morgan fingerprint density at radius 2 is 2.09 bits per heavy atom. The second kappa shape index (κ2) is 5.76. The second-order valence-electron chi connectivity index (χ2n) is 4.71. The Morgan fingerprint density at radius 1 is 1.32 bits per heavy atom. The molecule has 0 radical (unpaired) electrons. The molecule has 3 aromatic rings. The zero-order chi connectivity index (χ0) is 15.5. The molecule has 0 aliphatic rings. The molecule has 2 aromatic heterocycles. The Balaban J connectivity index is 1.82. The maximum Gasteiger partial charge on any atom is 0.247 e. The van der Waals surface area contributed by atoms with Crippen LogP contribution < -0.4 is 5.32 Å². The van der Waals surface area contributed by atoms with Crippen molar-refractivity contribution in [1.82, 2.24) is 24.8 Å².